The molecule has 6 heteroatoms. The number of piperidine rings is 1. The van der Waals surface area contributed by atoms with Gasteiger partial charge in [0, 0.05) is 31.8 Å². The van der Waals surface area contributed by atoms with Gasteiger partial charge < -0.3 is 19.4 Å². The normalized spacial score (nSPS) is 18.8. The Morgan fingerprint density at radius 3 is 2.67 bits per heavy atom. The topological polar surface area (TPSA) is 62.9 Å². The van der Waals surface area contributed by atoms with E-state index in [0.29, 0.717) is 18.5 Å². The van der Waals surface area contributed by atoms with Gasteiger partial charge in [-0.1, -0.05) is 31.0 Å². The Bertz CT molecular complexity index is 791. The van der Waals surface area contributed by atoms with Crippen LogP contribution < -0.4 is 5.32 Å². The zero-order valence-electron chi connectivity index (χ0n) is 18.1. The quantitative estimate of drug-likeness (QED) is 0.539. The number of oxazole rings is 1. The van der Waals surface area contributed by atoms with E-state index in [1.165, 1.54) is 25.7 Å². The summed E-state index contributed by atoms with van der Waals surface area (Å²) in [5, 5.41) is 3.43. The first-order valence-corrected chi connectivity index (χ1v) is 11.5. The van der Waals surface area contributed by atoms with Crippen LogP contribution in [0.5, 0.6) is 0 Å². The Morgan fingerprint density at radius 1 is 1.17 bits per heavy atom. The molecule has 0 spiro atoms. The Morgan fingerprint density at radius 2 is 1.93 bits per heavy atom. The van der Waals surface area contributed by atoms with E-state index in [9.17, 15) is 0 Å². The van der Waals surface area contributed by atoms with E-state index < -0.39 is 0 Å². The number of likely N-dealkylation sites (tertiary alicyclic amines) is 1. The van der Waals surface area contributed by atoms with Crippen LogP contribution in [-0.4, -0.2) is 48.2 Å². The predicted molar refractivity (Wildman–Crippen MR) is 119 cm³/mol. The van der Waals surface area contributed by atoms with Crippen LogP contribution in [0, 0.1) is 5.92 Å². The molecule has 30 heavy (non-hydrogen) atoms. The van der Waals surface area contributed by atoms with Crippen molar-refractivity contribution in [1.29, 1.82) is 0 Å². The first-order valence-electron chi connectivity index (χ1n) is 11.5. The second-order valence-electron chi connectivity index (χ2n) is 8.35. The number of hydrogen-bond acceptors (Lipinski definition) is 4. The number of nitrogens with one attached hydrogen (secondary N) is 1. The van der Waals surface area contributed by atoms with Crippen molar-refractivity contribution >= 4 is 5.96 Å². The number of ether oxygens (including phenoxy) is 1. The number of benzene rings is 1. The van der Waals surface area contributed by atoms with Crippen LogP contribution in [-0.2, 0) is 11.3 Å². The molecule has 2 fully saturated rings. The molecule has 0 amide bonds. The number of hydrogen-bond donors (Lipinski definition) is 1. The molecule has 1 aromatic heterocycles. The molecular formula is C24H34N4O2. The number of aromatic nitrogens is 1. The van der Waals surface area contributed by atoms with Crippen molar-refractivity contribution in [3.05, 3.63) is 42.3 Å². The predicted octanol–water partition coefficient (Wildman–Crippen LogP) is 4.48. The minimum absolute atomic E-state index is 0.397. The summed E-state index contributed by atoms with van der Waals surface area (Å²) in [6.45, 7) is 6.39. The molecule has 1 N–H and O–H groups in total. The highest BCUT2D eigenvalue weighted by Crippen LogP contribution is 2.26. The van der Waals surface area contributed by atoms with Crippen LogP contribution in [0.2, 0.25) is 0 Å². The number of nitrogens with zero attached hydrogens (tertiary/aromatic N) is 3. The van der Waals surface area contributed by atoms with Gasteiger partial charge in [0.1, 0.15) is 12.0 Å². The van der Waals surface area contributed by atoms with Crippen LogP contribution in [0.15, 0.2) is 46.0 Å². The Balaban J connectivity index is 1.29. The summed E-state index contributed by atoms with van der Waals surface area (Å²) in [7, 11) is 0. The SMILES string of the molecule is CCNC(=NCc1coc(-c2ccccc2)n1)N1CCC(OCC2CCCC2)CC1. The van der Waals surface area contributed by atoms with E-state index >= 15 is 0 Å². The summed E-state index contributed by atoms with van der Waals surface area (Å²) in [6, 6.07) is 9.97. The smallest absolute Gasteiger partial charge is 0.226 e. The molecular weight excluding hydrogens is 376 g/mol. The van der Waals surface area contributed by atoms with Gasteiger partial charge in [-0.25, -0.2) is 9.98 Å². The van der Waals surface area contributed by atoms with E-state index in [1.54, 1.807) is 6.26 Å². The molecule has 1 aliphatic heterocycles. The van der Waals surface area contributed by atoms with Crippen molar-refractivity contribution < 1.29 is 9.15 Å². The summed E-state index contributed by atoms with van der Waals surface area (Å²) in [4.78, 5) is 11.8. The average molecular weight is 411 g/mol. The number of guanidine groups is 1. The fourth-order valence-electron chi connectivity index (χ4n) is 4.36. The van der Waals surface area contributed by atoms with E-state index in [4.69, 9.17) is 14.1 Å². The molecule has 1 saturated heterocycles. The summed E-state index contributed by atoms with van der Waals surface area (Å²) < 4.78 is 11.9. The molecule has 0 unspecified atom stereocenters. The second kappa shape index (κ2) is 10.6. The van der Waals surface area contributed by atoms with Crippen LogP contribution in [0.1, 0.15) is 51.1 Å². The molecule has 2 aromatic rings. The molecule has 162 valence electrons. The average Bonchev–Trinajstić information content (AvgIpc) is 3.48. The van der Waals surface area contributed by atoms with Crippen molar-refractivity contribution in [3.8, 4) is 11.5 Å². The molecule has 2 heterocycles. The lowest BCUT2D eigenvalue weighted by Gasteiger charge is -2.34. The lowest BCUT2D eigenvalue weighted by atomic mass is 10.1. The lowest BCUT2D eigenvalue weighted by molar-refractivity contribution is 0.00101. The summed E-state index contributed by atoms with van der Waals surface area (Å²) in [5.74, 6) is 2.40. The Hall–Kier alpha value is -2.34. The van der Waals surface area contributed by atoms with Gasteiger partial charge in [0.05, 0.1) is 12.6 Å². The molecule has 0 bridgehead atoms. The van der Waals surface area contributed by atoms with Crippen LogP contribution >= 0.6 is 0 Å². The van der Waals surface area contributed by atoms with Gasteiger partial charge in [0.15, 0.2) is 5.96 Å². The van der Waals surface area contributed by atoms with Crippen LogP contribution in [0.4, 0.5) is 0 Å². The second-order valence-corrected chi connectivity index (χ2v) is 8.35. The van der Waals surface area contributed by atoms with Gasteiger partial charge in [-0.2, -0.15) is 0 Å². The molecule has 0 radical (unpaired) electrons. The third-order valence-electron chi connectivity index (χ3n) is 6.08. The minimum Gasteiger partial charge on any atom is -0.444 e. The van der Waals surface area contributed by atoms with Crippen molar-refractivity contribution in [2.75, 3.05) is 26.2 Å². The lowest BCUT2D eigenvalue weighted by Crippen LogP contribution is -2.47. The van der Waals surface area contributed by atoms with Crippen molar-refractivity contribution in [2.24, 2.45) is 10.9 Å². The maximum absolute atomic E-state index is 6.22. The first-order chi connectivity index (χ1) is 14.8. The molecule has 2 aliphatic rings. The molecule has 1 saturated carbocycles. The maximum Gasteiger partial charge on any atom is 0.226 e. The fourth-order valence-corrected chi connectivity index (χ4v) is 4.36. The van der Waals surface area contributed by atoms with Crippen molar-refractivity contribution in [2.45, 2.75) is 58.1 Å². The van der Waals surface area contributed by atoms with E-state index in [0.717, 1.165) is 62.2 Å². The van der Waals surface area contributed by atoms with Gasteiger partial charge in [-0.3, -0.25) is 0 Å². The highest BCUT2D eigenvalue weighted by molar-refractivity contribution is 5.80. The van der Waals surface area contributed by atoms with E-state index in [-0.39, 0.29) is 0 Å². The molecule has 1 aromatic carbocycles. The summed E-state index contributed by atoms with van der Waals surface area (Å²) >= 11 is 0. The summed E-state index contributed by atoms with van der Waals surface area (Å²) in [6.07, 6.45) is 9.71. The molecule has 0 atom stereocenters. The first kappa shape index (κ1) is 20.9. The largest absolute Gasteiger partial charge is 0.444 e. The fraction of sp³-hybridized carbons (Fsp3) is 0.583. The van der Waals surface area contributed by atoms with Crippen molar-refractivity contribution in [3.63, 3.8) is 0 Å². The van der Waals surface area contributed by atoms with E-state index in [1.807, 2.05) is 30.3 Å². The zero-order chi connectivity index (χ0) is 20.6. The van der Waals surface area contributed by atoms with Gasteiger partial charge in [0.25, 0.3) is 0 Å². The number of aliphatic imine (C=N–C) groups is 1. The maximum atomic E-state index is 6.22. The summed E-state index contributed by atoms with van der Waals surface area (Å²) in [5.41, 5.74) is 1.83. The Kier molecular flexibility index (Phi) is 7.40. The van der Waals surface area contributed by atoms with Gasteiger partial charge in [0.2, 0.25) is 5.89 Å². The van der Waals surface area contributed by atoms with Gasteiger partial charge in [-0.15, -0.1) is 0 Å². The van der Waals surface area contributed by atoms with Gasteiger partial charge >= 0.3 is 0 Å². The Labute approximate surface area is 179 Å². The molecule has 4 rings (SSSR count). The molecule has 1 aliphatic carbocycles. The van der Waals surface area contributed by atoms with Crippen LogP contribution in [0.25, 0.3) is 11.5 Å². The minimum atomic E-state index is 0.397. The highest BCUT2D eigenvalue weighted by atomic mass is 16.5. The molecule has 6 nitrogen and oxygen atoms in total. The van der Waals surface area contributed by atoms with Crippen LogP contribution in [0.3, 0.4) is 0 Å². The third-order valence-corrected chi connectivity index (χ3v) is 6.08. The van der Waals surface area contributed by atoms with Gasteiger partial charge in [-0.05, 0) is 50.7 Å². The third kappa shape index (κ3) is 5.63. The standard InChI is InChI=1S/C24H34N4O2/c1-2-25-24(26-16-21-18-30-23(27-21)20-10-4-3-5-11-20)28-14-12-22(13-15-28)29-17-19-8-6-7-9-19/h3-5,10-11,18-19,22H,2,6-9,12-17H2,1H3,(H,25,26). The van der Waals surface area contributed by atoms with E-state index in [2.05, 4.69) is 22.1 Å². The highest BCUT2D eigenvalue weighted by Gasteiger charge is 2.24. The zero-order valence-corrected chi connectivity index (χ0v) is 18.1. The van der Waals surface area contributed by atoms with Crippen molar-refractivity contribution in [1.82, 2.24) is 15.2 Å². The monoisotopic (exact) mass is 410 g/mol. The number of rotatable bonds is 7.